The summed E-state index contributed by atoms with van der Waals surface area (Å²) < 4.78 is 37.1. The van der Waals surface area contributed by atoms with Crippen molar-refractivity contribution in [2.24, 2.45) is 10.9 Å². The number of amidine groups is 1. The summed E-state index contributed by atoms with van der Waals surface area (Å²) in [6, 6.07) is -2.21. The van der Waals surface area contributed by atoms with Gasteiger partial charge in [-0.1, -0.05) is 16.5 Å². The van der Waals surface area contributed by atoms with Crippen LogP contribution in [0.15, 0.2) is 15.9 Å². The SMILES string of the molecule is C[C@H]1[C@H](NC(=O)/C(=N\OCCOc2nc(C(=N)N)cs2)c2csc(N)n2)C(=O)N1S(=O)(=O)O. The summed E-state index contributed by atoms with van der Waals surface area (Å²) in [6.45, 7) is 1.24. The molecule has 0 aliphatic carbocycles. The fourth-order valence-corrected chi connectivity index (χ4v) is 4.76. The predicted octanol–water partition coefficient (Wildman–Crippen LogP) is -1.22. The quantitative estimate of drug-likeness (QED) is 0.0624. The molecule has 2 aromatic rings. The van der Waals surface area contributed by atoms with E-state index in [-0.39, 0.29) is 50.8 Å². The third-order valence-corrected chi connectivity index (χ3v) is 6.60. The van der Waals surface area contributed by atoms with Crippen molar-refractivity contribution in [3.63, 3.8) is 0 Å². The highest BCUT2D eigenvalue weighted by Crippen LogP contribution is 2.23. The van der Waals surface area contributed by atoms with Crippen LogP contribution in [0.3, 0.4) is 0 Å². The molecular weight excluding hydrogens is 500 g/mol. The molecule has 3 rings (SSSR count). The monoisotopic (exact) mass is 518 g/mol. The highest BCUT2D eigenvalue weighted by atomic mass is 32.2. The Morgan fingerprint density at radius 3 is 2.58 bits per heavy atom. The molecule has 1 fully saturated rings. The largest absolute Gasteiger partial charge is 0.466 e. The van der Waals surface area contributed by atoms with Crippen molar-refractivity contribution in [2.75, 3.05) is 18.9 Å². The van der Waals surface area contributed by atoms with Gasteiger partial charge in [0, 0.05) is 10.8 Å². The maximum Gasteiger partial charge on any atom is 0.362 e. The topological polar surface area (TPSA) is 236 Å². The molecule has 1 aliphatic rings. The van der Waals surface area contributed by atoms with Crippen LogP contribution >= 0.6 is 22.7 Å². The summed E-state index contributed by atoms with van der Waals surface area (Å²) in [6.07, 6.45) is 0. The molecule has 18 heteroatoms. The number of rotatable bonds is 10. The maximum atomic E-state index is 12.7. The number of nitrogens with one attached hydrogen (secondary N) is 2. The van der Waals surface area contributed by atoms with Crippen molar-refractivity contribution in [1.82, 2.24) is 19.6 Å². The highest BCUT2D eigenvalue weighted by molar-refractivity contribution is 7.84. The van der Waals surface area contributed by atoms with Crippen molar-refractivity contribution in [3.05, 3.63) is 22.1 Å². The lowest BCUT2D eigenvalue weighted by Crippen LogP contribution is -2.71. The second-order valence-electron chi connectivity index (χ2n) is 6.41. The molecular formula is C15H18N8O7S3. The van der Waals surface area contributed by atoms with Crippen LogP contribution in [0.25, 0.3) is 0 Å². The van der Waals surface area contributed by atoms with E-state index in [1.165, 1.54) is 12.3 Å². The van der Waals surface area contributed by atoms with E-state index in [9.17, 15) is 18.0 Å². The molecule has 2 amide bonds. The molecule has 0 saturated carbocycles. The Hall–Kier alpha value is -3.35. The number of nitrogen functional groups attached to an aromatic ring is 2. The van der Waals surface area contributed by atoms with E-state index in [4.69, 9.17) is 31.0 Å². The minimum atomic E-state index is -4.74. The lowest BCUT2D eigenvalue weighted by atomic mass is 10.0. The molecule has 2 aromatic heterocycles. The van der Waals surface area contributed by atoms with Crippen LogP contribution in [0, 0.1) is 5.41 Å². The fourth-order valence-electron chi connectivity index (χ4n) is 2.64. The van der Waals surface area contributed by atoms with E-state index in [1.54, 1.807) is 5.38 Å². The van der Waals surface area contributed by atoms with Crippen molar-refractivity contribution in [3.8, 4) is 5.19 Å². The van der Waals surface area contributed by atoms with Gasteiger partial charge < -0.3 is 26.4 Å². The molecule has 1 aliphatic heterocycles. The molecule has 3 heterocycles. The summed E-state index contributed by atoms with van der Waals surface area (Å²) >= 11 is 2.18. The van der Waals surface area contributed by atoms with Gasteiger partial charge in [0.1, 0.15) is 29.9 Å². The van der Waals surface area contributed by atoms with Crippen LogP contribution in [-0.2, 0) is 24.7 Å². The summed E-state index contributed by atoms with van der Waals surface area (Å²) in [5.41, 5.74) is 11.0. The van der Waals surface area contributed by atoms with Crippen molar-refractivity contribution in [2.45, 2.75) is 19.0 Å². The van der Waals surface area contributed by atoms with Gasteiger partial charge in [-0.25, -0.2) is 9.29 Å². The minimum absolute atomic E-state index is 0.00389. The lowest BCUT2D eigenvalue weighted by molar-refractivity contribution is -0.143. The molecule has 0 unspecified atom stereocenters. The zero-order valence-electron chi connectivity index (χ0n) is 16.8. The van der Waals surface area contributed by atoms with Crippen molar-refractivity contribution >= 4 is 61.5 Å². The number of anilines is 1. The first kappa shape index (κ1) is 24.3. The maximum absolute atomic E-state index is 12.7. The number of carbonyl (C=O) groups excluding carboxylic acids is 2. The Kier molecular flexibility index (Phi) is 7.10. The molecule has 1 saturated heterocycles. The second-order valence-corrected chi connectivity index (χ2v) is 9.41. The Morgan fingerprint density at radius 2 is 2.03 bits per heavy atom. The van der Waals surface area contributed by atoms with Gasteiger partial charge in [0.2, 0.25) is 0 Å². The summed E-state index contributed by atoms with van der Waals surface area (Å²) in [5.74, 6) is -2.07. The van der Waals surface area contributed by atoms with E-state index in [0.717, 1.165) is 22.7 Å². The van der Waals surface area contributed by atoms with Gasteiger partial charge >= 0.3 is 10.3 Å². The third-order valence-electron chi connectivity index (χ3n) is 4.17. The van der Waals surface area contributed by atoms with Crippen molar-refractivity contribution in [1.29, 1.82) is 5.41 Å². The molecule has 7 N–H and O–H groups in total. The number of β-lactam (4-membered cyclic amide) rings is 1. The number of nitrogens with two attached hydrogens (primary N) is 2. The molecule has 33 heavy (non-hydrogen) atoms. The standard InChI is InChI=1S/C15H18N8O7S3/c1-6-9(13(25)23(6)33(26,27)28)21-12(24)10(7-4-31-14(18)19-7)22-30-3-2-29-15-20-8(5-32-15)11(16)17/h4-6,9H,2-3H2,1H3,(H3,16,17)(H2,18,19)(H,21,24)(H,26,27,28)/b22-10-/t6-,9-/m0/s1. The molecule has 178 valence electrons. The summed E-state index contributed by atoms with van der Waals surface area (Å²) in [4.78, 5) is 37.8. The van der Waals surface area contributed by atoms with Crippen molar-refractivity contribution < 1.29 is 32.1 Å². The first-order valence-corrected chi connectivity index (χ1v) is 12.1. The van der Waals surface area contributed by atoms with Crippen LogP contribution in [0.5, 0.6) is 5.19 Å². The van der Waals surface area contributed by atoms with Crippen LogP contribution < -0.4 is 21.5 Å². The van der Waals surface area contributed by atoms with Gasteiger partial charge in [-0.15, -0.1) is 11.3 Å². The Morgan fingerprint density at radius 1 is 1.33 bits per heavy atom. The number of amides is 2. The third kappa shape index (κ3) is 5.53. The van der Waals surface area contributed by atoms with Crippen LogP contribution in [0.1, 0.15) is 18.3 Å². The van der Waals surface area contributed by atoms with E-state index >= 15 is 0 Å². The molecule has 0 bridgehead atoms. The van der Waals surface area contributed by atoms with E-state index in [1.807, 2.05) is 0 Å². The second kappa shape index (κ2) is 9.65. The normalized spacial score (nSPS) is 18.5. The Bertz CT molecular complexity index is 1210. The summed E-state index contributed by atoms with van der Waals surface area (Å²) in [5, 5.41) is 16.8. The lowest BCUT2D eigenvalue weighted by Gasteiger charge is -2.42. The molecule has 2 atom stereocenters. The number of aromatic nitrogens is 2. The van der Waals surface area contributed by atoms with Gasteiger partial charge in [0.15, 0.2) is 17.5 Å². The number of nitrogens with zero attached hydrogens (tertiary/aromatic N) is 4. The first-order chi connectivity index (χ1) is 15.5. The van der Waals surface area contributed by atoms with Gasteiger partial charge in [-0.2, -0.15) is 13.4 Å². The van der Waals surface area contributed by atoms with E-state index in [0.29, 0.717) is 0 Å². The van der Waals surface area contributed by atoms with Crippen LogP contribution in [0.4, 0.5) is 5.13 Å². The molecule has 0 aromatic carbocycles. The van der Waals surface area contributed by atoms with Gasteiger partial charge in [0.25, 0.3) is 17.0 Å². The zero-order chi connectivity index (χ0) is 24.3. The average molecular weight is 519 g/mol. The number of hydrogen-bond acceptors (Lipinski definition) is 13. The number of thiazole rings is 2. The first-order valence-electron chi connectivity index (χ1n) is 8.94. The Labute approximate surface area is 194 Å². The number of ether oxygens (including phenoxy) is 1. The number of oxime groups is 1. The van der Waals surface area contributed by atoms with Gasteiger partial charge in [-0.05, 0) is 6.92 Å². The molecule has 15 nitrogen and oxygen atoms in total. The number of hydrogen-bond donors (Lipinski definition) is 5. The van der Waals surface area contributed by atoms with Gasteiger partial charge in [0.05, 0.1) is 6.04 Å². The number of carbonyl (C=O) groups is 2. The smallest absolute Gasteiger partial charge is 0.362 e. The van der Waals surface area contributed by atoms with Gasteiger partial charge in [-0.3, -0.25) is 19.6 Å². The fraction of sp³-hybridized carbons (Fsp3) is 0.333. The van der Waals surface area contributed by atoms with Crippen LogP contribution in [0.2, 0.25) is 0 Å². The predicted molar refractivity (Wildman–Crippen MR) is 117 cm³/mol. The minimum Gasteiger partial charge on any atom is -0.466 e. The van der Waals surface area contributed by atoms with E-state index in [2.05, 4.69) is 20.4 Å². The van der Waals surface area contributed by atoms with E-state index < -0.39 is 34.2 Å². The highest BCUT2D eigenvalue weighted by Gasteiger charge is 2.51. The van der Waals surface area contributed by atoms with Crippen LogP contribution in [-0.4, -0.2) is 75.9 Å². The Balaban J connectivity index is 1.62. The molecule has 0 radical (unpaired) electrons. The molecule has 0 spiro atoms. The average Bonchev–Trinajstić information content (AvgIpc) is 3.37. The zero-order valence-corrected chi connectivity index (χ0v) is 19.2. The summed E-state index contributed by atoms with van der Waals surface area (Å²) in [7, 11) is -4.74.